The predicted molar refractivity (Wildman–Crippen MR) is 82.4 cm³/mol. The Labute approximate surface area is 124 Å². The maximum absolute atomic E-state index is 5.63. The zero-order chi connectivity index (χ0) is 13.3. The van der Waals surface area contributed by atoms with E-state index in [0.717, 1.165) is 13.2 Å². The first kappa shape index (κ1) is 18.3. The minimum absolute atomic E-state index is 0.937. The monoisotopic (exact) mass is 246 g/mol. The van der Waals surface area contributed by atoms with Crippen LogP contribution in [0.25, 0.3) is 0 Å². The van der Waals surface area contributed by atoms with Crippen molar-refractivity contribution < 1.29 is 4.74 Å². The van der Waals surface area contributed by atoms with Crippen LogP contribution in [0.3, 0.4) is 0 Å². The summed E-state index contributed by atoms with van der Waals surface area (Å²) in [6, 6.07) is 0. The number of unbranched alkanes of at least 4 members (excludes halogenated alkanes) is 7. The molecule has 0 aliphatic rings. The molecule has 0 atom stereocenters. The van der Waals surface area contributed by atoms with Crippen LogP contribution >= 0.6 is 0 Å². The second-order valence-electron chi connectivity index (χ2n) is 5.14. The summed E-state index contributed by atoms with van der Waals surface area (Å²) in [4.78, 5) is 0. The van der Waals surface area contributed by atoms with Crippen LogP contribution in [0.4, 0.5) is 0 Å². The van der Waals surface area contributed by atoms with Crippen molar-refractivity contribution >= 4 is 17.7 Å². The molecule has 18 heavy (non-hydrogen) atoms. The maximum atomic E-state index is 5.63. The fourth-order valence-electron chi connectivity index (χ4n) is 1.97. The second-order valence-corrected chi connectivity index (χ2v) is 5.14. The number of hydrogen-bond donors (Lipinski definition) is 0. The number of hydrogen-bond acceptors (Lipinski definition) is 1. The van der Waals surface area contributed by atoms with Crippen LogP contribution in [-0.2, 0) is 4.74 Å². The SMILES string of the molecule is [Li][CH2]C/C=C\CCCOCCCCCCCCC. The number of allylic oxidation sites excluding steroid dienone is 2. The summed E-state index contributed by atoms with van der Waals surface area (Å²) < 4.78 is 5.63. The molecule has 0 aromatic rings. The van der Waals surface area contributed by atoms with Gasteiger partial charge in [0.2, 0.25) is 0 Å². The predicted octanol–water partition coefficient (Wildman–Crippen LogP) is 5.07. The Hall–Kier alpha value is 0.297. The Morgan fingerprint density at radius 2 is 1.39 bits per heavy atom. The topological polar surface area (TPSA) is 9.23 Å². The van der Waals surface area contributed by atoms with Gasteiger partial charge in [0, 0.05) is 0 Å². The van der Waals surface area contributed by atoms with Gasteiger partial charge in [0.15, 0.2) is 0 Å². The molecule has 0 saturated carbocycles. The Morgan fingerprint density at radius 1 is 0.778 bits per heavy atom. The second kappa shape index (κ2) is 17.3. The Kier molecular flexibility index (Phi) is 17.6. The molecule has 0 fully saturated rings. The van der Waals surface area contributed by atoms with Crippen LogP contribution in [0, 0.1) is 0 Å². The van der Waals surface area contributed by atoms with Gasteiger partial charge in [-0.3, -0.25) is 0 Å². The van der Waals surface area contributed by atoms with E-state index in [2.05, 4.69) is 36.8 Å². The summed E-state index contributed by atoms with van der Waals surface area (Å²) in [7, 11) is 0. The van der Waals surface area contributed by atoms with E-state index in [0.29, 0.717) is 0 Å². The van der Waals surface area contributed by atoms with E-state index in [1.807, 2.05) is 0 Å². The zero-order valence-corrected chi connectivity index (χ0v) is 12.8. The van der Waals surface area contributed by atoms with Crippen molar-refractivity contribution in [2.24, 2.45) is 0 Å². The molecule has 0 radical (unpaired) electrons. The molecule has 0 unspecified atom stereocenters. The van der Waals surface area contributed by atoms with Crippen LogP contribution in [0.15, 0.2) is 12.2 Å². The molecule has 2 heteroatoms. The van der Waals surface area contributed by atoms with Gasteiger partial charge in [-0.15, -0.1) is 0 Å². The minimum atomic E-state index is 0.937. The molecule has 0 aliphatic heterocycles. The number of rotatable bonds is 14. The van der Waals surface area contributed by atoms with E-state index >= 15 is 0 Å². The molecule has 0 bridgehead atoms. The van der Waals surface area contributed by atoms with Crippen molar-refractivity contribution in [3.63, 3.8) is 0 Å². The van der Waals surface area contributed by atoms with E-state index in [9.17, 15) is 0 Å². The molecule has 0 rings (SSSR count). The molecule has 1 nitrogen and oxygen atoms in total. The first-order valence-corrected chi connectivity index (χ1v) is 8.14. The molecule has 0 N–H and O–H groups in total. The van der Waals surface area contributed by atoms with Gasteiger partial charge in [0.1, 0.15) is 0 Å². The van der Waals surface area contributed by atoms with Crippen molar-refractivity contribution in [2.45, 2.75) is 76.2 Å². The molecule has 0 amide bonds. The van der Waals surface area contributed by atoms with Gasteiger partial charge in [-0.2, -0.15) is 0 Å². The third kappa shape index (κ3) is 16.3. The Morgan fingerprint density at radius 3 is 2.11 bits per heavy atom. The summed E-state index contributed by atoms with van der Waals surface area (Å²) >= 11 is 2.22. The van der Waals surface area contributed by atoms with Crippen LogP contribution in [0.1, 0.15) is 71.1 Å². The van der Waals surface area contributed by atoms with E-state index in [1.54, 1.807) is 0 Å². The van der Waals surface area contributed by atoms with E-state index in [4.69, 9.17) is 4.74 Å². The molecule has 102 valence electrons. The Balaban J connectivity index is 2.94. The van der Waals surface area contributed by atoms with Gasteiger partial charge in [0.25, 0.3) is 0 Å². The smallest absolute Gasteiger partial charge is 0.0654 e. The van der Waals surface area contributed by atoms with Gasteiger partial charge < -0.3 is 0 Å². The summed E-state index contributed by atoms with van der Waals surface area (Å²) in [5, 5.41) is 1.26. The van der Waals surface area contributed by atoms with Crippen LogP contribution in [0.2, 0.25) is 5.09 Å². The molecule has 0 saturated heterocycles. The van der Waals surface area contributed by atoms with Gasteiger partial charge >= 0.3 is 91.4 Å². The minimum Gasteiger partial charge on any atom is -0.0654 e. The van der Waals surface area contributed by atoms with Gasteiger partial charge in [-0.05, 0) is 0 Å². The van der Waals surface area contributed by atoms with Crippen LogP contribution in [-0.4, -0.2) is 30.9 Å². The number of ether oxygens (including phenoxy) is 1. The molecule has 0 aliphatic carbocycles. The standard InChI is InChI=1S/C16H31O.Li/c1-3-5-7-9-10-12-14-16-17-15-13-11-8-6-4-2;/h6,8H,2-5,7,9-16H2,1H3;/b8-6-;. The normalized spacial score (nSPS) is 11.5. The van der Waals surface area contributed by atoms with Crippen LogP contribution < -0.4 is 0 Å². The van der Waals surface area contributed by atoms with Crippen molar-refractivity contribution in [3.8, 4) is 0 Å². The van der Waals surface area contributed by atoms with Crippen LogP contribution in [0.5, 0.6) is 0 Å². The average molecular weight is 246 g/mol. The van der Waals surface area contributed by atoms with E-state index in [-0.39, 0.29) is 0 Å². The van der Waals surface area contributed by atoms with Gasteiger partial charge in [0.05, 0.1) is 0 Å². The fraction of sp³-hybridized carbons (Fsp3) is 0.875. The van der Waals surface area contributed by atoms with Crippen molar-refractivity contribution in [1.29, 1.82) is 0 Å². The third-order valence-corrected chi connectivity index (χ3v) is 3.17. The average Bonchev–Trinajstić information content (AvgIpc) is 2.39. The van der Waals surface area contributed by atoms with Crippen molar-refractivity contribution in [1.82, 2.24) is 0 Å². The fourth-order valence-corrected chi connectivity index (χ4v) is 1.97. The summed E-state index contributed by atoms with van der Waals surface area (Å²) in [5.41, 5.74) is 0. The molecule has 0 aromatic carbocycles. The van der Waals surface area contributed by atoms with E-state index < -0.39 is 0 Å². The van der Waals surface area contributed by atoms with Gasteiger partial charge in [-0.25, -0.2) is 0 Å². The Bertz CT molecular complexity index is 168. The first-order valence-electron chi connectivity index (χ1n) is 8.14. The van der Waals surface area contributed by atoms with Crippen molar-refractivity contribution in [3.05, 3.63) is 12.2 Å². The summed E-state index contributed by atoms with van der Waals surface area (Å²) in [5.74, 6) is 0. The zero-order valence-electron chi connectivity index (χ0n) is 12.8. The summed E-state index contributed by atoms with van der Waals surface area (Å²) in [6.07, 6.45) is 17.7. The third-order valence-electron chi connectivity index (χ3n) is 3.17. The van der Waals surface area contributed by atoms with Gasteiger partial charge in [-0.1, -0.05) is 32.6 Å². The molecular formula is C16H31LiO. The molecule has 0 heterocycles. The molecule has 0 aromatic heterocycles. The summed E-state index contributed by atoms with van der Waals surface area (Å²) in [6.45, 7) is 4.17. The molecule has 0 spiro atoms. The van der Waals surface area contributed by atoms with E-state index in [1.165, 1.54) is 69.3 Å². The molecular weight excluding hydrogens is 215 g/mol. The quantitative estimate of drug-likeness (QED) is 0.236. The first-order chi connectivity index (χ1) is 8.91. The van der Waals surface area contributed by atoms with Crippen molar-refractivity contribution in [2.75, 3.05) is 13.2 Å².